The molecule has 20 heavy (non-hydrogen) atoms. The molecule has 1 aromatic carbocycles. The molecule has 0 spiro atoms. The number of amides is 1. The molecule has 0 aliphatic heterocycles. The van der Waals surface area contributed by atoms with Gasteiger partial charge in [0.05, 0.1) is 7.11 Å². The van der Waals surface area contributed by atoms with Gasteiger partial charge in [0.15, 0.2) is 0 Å². The Balaban J connectivity index is 1.91. The van der Waals surface area contributed by atoms with E-state index in [9.17, 15) is 4.79 Å². The second-order valence-corrected chi connectivity index (χ2v) is 5.27. The number of rotatable bonds is 4. The number of hydrogen-bond acceptors (Lipinski definition) is 2. The van der Waals surface area contributed by atoms with Gasteiger partial charge in [0.2, 0.25) is 5.91 Å². The summed E-state index contributed by atoms with van der Waals surface area (Å²) < 4.78 is 5.26. The molecule has 0 aromatic heterocycles. The van der Waals surface area contributed by atoms with E-state index in [0.29, 0.717) is 6.04 Å². The molecule has 1 saturated carbocycles. The first-order chi connectivity index (χ1) is 9.79. The third kappa shape index (κ3) is 4.41. The summed E-state index contributed by atoms with van der Waals surface area (Å²) in [5, 5.41) is 3.10. The molecule has 0 saturated heterocycles. The van der Waals surface area contributed by atoms with Gasteiger partial charge in [0.1, 0.15) is 5.75 Å². The number of carbonyl (C=O) groups excluding carboxylic acids is 1. The molecule has 1 fully saturated rings. The standard InChI is InChI=1S/C17H23NO2/c1-20-16-11-7-6-8-14(16)12-13-17(19)18-15-9-4-2-3-5-10-15/h6-8,11-13,15H,2-5,9-10H2,1H3,(H,18,19). The van der Waals surface area contributed by atoms with Gasteiger partial charge < -0.3 is 10.1 Å². The highest BCUT2D eigenvalue weighted by Gasteiger charge is 2.13. The Morgan fingerprint density at radius 1 is 1.20 bits per heavy atom. The average Bonchev–Trinajstić information content (AvgIpc) is 2.74. The van der Waals surface area contributed by atoms with Gasteiger partial charge in [0.25, 0.3) is 0 Å². The van der Waals surface area contributed by atoms with Gasteiger partial charge in [-0.3, -0.25) is 4.79 Å². The SMILES string of the molecule is COc1ccccc1C=CC(=O)NC1CCCCCC1. The minimum atomic E-state index is -0.0113. The molecule has 2 rings (SSSR count). The molecule has 0 bridgehead atoms. The molecule has 1 aliphatic carbocycles. The van der Waals surface area contributed by atoms with Crippen molar-refractivity contribution in [3.63, 3.8) is 0 Å². The van der Waals surface area contributed by atoms with E-state index in [0.717, 1.165) is 24.2 Å². The van der Waals surface area contributed by atoms with Crippen molar-refractivity contribution in [2.75, 3.05) is 7.11 Å². The number of nitrogens with one attached hydrogen (secondary N) is 1. The minimum absolute atomic E-state index is 0.0113. The second kappa shape index (κ2) is 7.73. The van der Waals surface area contributed by atoms with Crippen LogP contribution in [-0.4, -0.2) is 19.1 Å². The zero-order chi connectivity index (χ0) is 14.2. The topological polar surface area (TPSA) is 38.3 Å². The Kier molecular flexibility index (Phi) is 5.66. The summed E-state index contributed by atoms with van der Waals surface area (Å²) in [5.41, 5.74) is 0.922. The molecule has 1 aromatic rings. The minimum Gasteiger partial charge on any atom is -0.496 e. The molecule has 0 atom stereocenters. The van der Waals surface area contributed by atoms with Crippen LogP contribution in [0.3, 0.4) is 0 Å². The molecule has 3 heteroatoms. The summed E-state index contributed by atoms with van der Waals surface area (Å²) in [6.07, 6.45) is 10.7. The van der Waals surface area contributed by atoms with Gasteiger partial charge in [-0.1, -0.05) is 43.9 Å². The van der Waals surface area contributed by atoms with E-state index in [-0.39, 0.29) is 5.91 Å². The van der Waals surface area contributed by atoms with Crippen LogP contribution in [0, 0.1) is 0 Å². The highest BCUT2D eigenvalue weighted by Crippen LogP contribution is 2.19. The van der Waals surface area contributed by atoms with Crippen molar-refractivity contribution < 1.29 is 9.53 Å². The average molecular weight is 273 g/mol. The van der Waals surface area contributed by atoms with Crippen LogP contribution >= 0.6 is 0 Å². The van der Waals surface area contributed by atoms with E-state index in [1.54, 1.807) is 13.2 Å². The van der Waals surface area contributed by atoms with E-state index < -0.39 is 0 Å². The first-order valence-corrected chi connectivity index (χ1v) is 7.41. The molecule has 1 N–H and O–H groups in total. The fourth-order valence-corrected chi connectivity index (χ4v) is 2.64. The summed E-state index contributed by atoms with van der Waals surface area (Å²) in [6, 6.07) is 8.02. The maximum atomic E-state index is 12.0. The zero-order valence-electron chi connectivity index (χ0n) is 12.1. The fourth-order valence-electron chi connectivity index (χ4n) is 2.64. The van der Waals surface area contributed by atoms with Crippen LogP contribution in [0.25, 0.3) is 6.08 Å². The van der Waals surface area contributed by atoms with Gasteiger partial charge in [-0.15, -0.1) is 0 Å². The first-order valence-electron chi connectivity index (χ1n) is 7.41. The van der Waals surface area contributed by atoms with Crippen LogP contribution < -0.4 is 10.1 Å². The van der Waals surface area contributed by atoms with Crippen molar-refractivity contribution in [1.82, 2.24) is 5.32 Å². The van der Waals surface area contributed by atoms with Crippen LogP contribution in [-0.2, 0) is 4.79 Å². The Hall–Kier alpha value is -1.77. The van der Waals surface area contributed by atoms with Crippen molar-refractivity contribution in [2.24, 2.45) is 0 Å². The number of ether oxygens (including phenoxy) is 1. The summed E-state index contributed by atoms with van der Waals surface area (Å²) in [4.78, 5) is 12.0. The molecule has 1 amide bonds. The predicted molar refractivity (Wildman–Crippen MR) is 81.7 cm³/mol. The molecule has 0 radical (unpaired) electrons. The lowest BCUT2D eigenvalue weighted by molar-refractivity contribution is -0.117. The summed E-state index contributed by atoms with van der Waals surface area (Å²) in [5.74, 6) is 0.772. The first kappa shape index (κ1) is 14.6. The second-order valence-electron chi connectivity index (χ2n) is 5.27. The Bertz CT molecular complexity index is 460. The summed E-state index contributed by atoms with van der Waals surface area (Å²) >= 11 is 0. The Morgan fingerprint density at radius 3 is 2.60 bits per heavy atom. The van der Waals surface area contributed by atoms with Crippen LogP contribution in [0.15, 0.2) is 30.3 Å². The number of para-hydroxylation sites is 1. The third-order valence-corrected chi connectivity index (χ3v) is 3.75. The molecule has 108 valence electrons. The van der Waals surface area contributed by atoms with E-state index in [1.807, 2.05) is 30.3 Å². The largest absolute Gasteiger partial charge is 0.496 e. The van der Waals surface area contributed by atoms with Crippen LogP contribution in [0.5, 0.6) is 5.75 Å². The van der Waals surface area contributed by atoms with Crippen molar-refractivity contribution in [1.29, 1.82) is 0 Å². The number of hydrogen-bond donors (Lipinski definition) is 1. The van der Waals surface area contributed by atoms with Crippen LogP contribution in [0.1, 0.15) is 44.1 Å². The number of benzene rings is 1. The summed E-state index contributed by atoms with van der Waals surface area (Å²) in [6.45, 7) is 0. The summed E-state index contributed by atoms with van der Waals surface area (Å²) in [7, 11) is 1.64. The normalized spacial score (nSPS) is 16.9. The van der Waals surface area contributed by atoms with Gasteiger partial charge in [0, 0.05) is 17.7 Å². The van der Waals surface area contributed by atoms with E-state index >= 15 is 0 Å². The fraction of sp³-hybridized carbons (Fsp3) is 0.471. The number of carbonyl (C=O) groups is 1. The molecular formula is C17H23NO2. The van der Waals surface area contributed by atoms with Crippen molar-refractivity contribution in [2.45, 2.75) is 44.6 Å². The zero-order valence-corrected chi connectivity index (χ0v) is 12.1. The van der Waals surface area contributed by atoms with Gasteiger partial charge in [-0.05, 0) is 25.0 Å². The van der Waals surface area contributed by atoms with Gasteiger partial charge in [-0.2, -0.15) is 0 Å². The van der Waals surface area contributed by atoms with Gasteiger partial charge >= 0.3 is 0 Å². The van der Waals surface area contributed by atoms with Crippen LogP contribution in [0.2, 0.25) is 0 Å². The van der Waals surface area contributed by atoms with E-state index in [1.165, 1.54) is 25.7 Å². The lowest BCUT2D eigenvalue weighted by Gasteiger charge is -2.14. The van der Waals surface area contributed by atoms with E-state index in [4.69, 9.17) is 4.74 Å². The Labute approximate surface area is 121 Å². The monoisotopic (exact) mass is 273 g/mol. The van der Waals surface area contributed by atoms with Crippen molar-refractivity contribution >= 4 is 12.0 Å². The van der Waals surface area contributed by atoms with E-state index in [2.05, 4.69) is 5.32 Å². The van der Waals surface area contributed by atoms with Crippen molar-refractivity contribution in [3.05, 3.63) is 35.9 Å². The highest BCUT2D eigenvalue weighted by molar-refractivity contribution is 5.92. The third-order valence-electron chi connectivity index (χ3n) is 3.75. The predicted octanol–water partition coefficient (Wildman–Crippen LogP) is 3.55. The Morgan fingerprint density at radius 2 is 1.90 bits per heavy atom. The molecule has 1 aliphatic rings. The quantitative estimate of drug-likeness (QED) is 0.673. The smallest absolute Gasteiger partial charge is 0.244 e. The van der Waals surface area contributed by atoms with Gasteiger partial charge in [-0.25, -0.2) is 0 Å². The van der Waals surface area contributed by atoms with Crippen molar-refractivity contribution in [3.8, 4) is 5.75 Å². The maximum Gasteiger partial charge on any atom is 0.244 e. The molecule has 0 heterocycles. The lowest BCUT2D eigenvalue weighted by atomic mass is 10.1. The molecular weight excluding hydrogens is 250 g/mol. The maximum absolute atomic E-state index is 12.0. The highest BCUT2D eigenvalue weighted by atomic mass is 16.5. The lowest BCUT2D eigenvalue weighted by Crippen LogP contribution is -2.33. The number of methoxy groups -OCH3 is 1. The van der Waals surface area contributed by atoms with Crippen LogP contribution in [0.4, 0.5) is 0 Å². The molecule has 0 unspecified atom stereocenters. The molecule has 3 nitrogen and oxygen atoms in total.